The van der Waals surface area contributed by atoms with Gasteiger partial charge in [-0.05, 0) is 33.6 Å². The maximum Gasteiger partial charge on any atom is 0.0435 e. The molecule has 0 unspecified atom stereocenters. The van der Waals surface area contributed by atoms with E-state index in [1.807, 2.05) is 11.3 Å². The predicted molar refractivity (Wildman–Crippen MR) is 71.8 cm³/mol. The third kappa shape index (κ3) is 1.32. The lowest BCUT2D eigenvalue weighted by molar-refractivity contribution is 1.61. The third-order valence-electron chi connectivity index (χ3n) is 2.68. The van der Waals surface area contributed by atoms with Gasteiger partial charge in [-0.15, -0.1) is 11.3 Å². The molecular formula is C13H9BrS. The van der Waals surface area contributed by atoms with Gasteiger partial charge in [0.1, 0.15) is 0 Å². The Bertz CT molecular complexity index is 652. The van der Waals surface area contributed by atoms with Gasteiger partial charge in [0.05, 0.1) is 0 Å². The lowest BCUT2D eigenvalue weighted by Crippen LogP contribution is -1.71. The molecule has 1 heterocycles. The minimum atomic E-state index is 1.24. The molecule has 2 heteroatoms. The minimum Gasteiger partial charge on any atom is -0.139 e. The Morgan fingerprint density at radius 2 is 1.80 bits per heavy atom. The van der Waals surface area contributed by atoms with Crippen molar-refractivity contribution < 1.29 is 0 Å². The molecule has 0 N–H and O–H groups in total. The van der Waals surface area contributed by atoms with E-state index in [-0.39, 0.29) is 0 Å². The van der Waals surface area contributed by atoms with E-state index in [4.69, 9.17) is 0 Å². The van der Waals surface area contributed by atoms with Crippen LogP contribution in [0.15, 0.2) is 40.9 Å². The lowest BCUT2D eigenvalue weighted by atomic mass is 10.1. The Hall–Kier alpha value is -0.860. The van der Waals surface area contributed by atoms with Gasteiger partial charge in [0, 0.05) is 19.4 Å². The molecule has 3 aromatic rings. The predicted octanol–water partition coefficient (Wildman–Crippen LogP) is 5.13. The van der Waals surface area contributed by atoms with Crippen molar-refractivity contribution in [3.63, 3.8) is 0 Å². The second-order valence-electron chi connectivity index (χ2n) is 3.64. The standard InChI is InChI=1S/C13H9BrS/c1-8-12(14)11-7-6-9-4-2-3-5-10(9)13(11)15-8/h2-7H,1H3. The Balaban J connectivity index is 2.60. The Morgan fingerprint density at radius 3 is 2.67 bits per heavy atom. The normalized spacial score (nSPS) is 11.3. The summed E-state index contributed by atoms with van der Waals surface area (Å²) in [5.41, 5.74) is 0. The maximum atomic E-state index is 3.65. The lowest BCUT2D eigenvalue weighted by Gasteiger charge is -1.98. The highest BCUT2D eigenvalue weighted by Gasteiger charge is 2.08. The number of fused-ring (bicyclic) bond motifs is 3. The summed E-state index contributed by atoms with van der Waals surface area (Å²) in [6.07, 6.45) is 0. The van der Waals surface area contributed by atoms with E-state index in [0.29, 0.717) is 0 Å². The van der Waals surface area contributed by atoms with E-state index in [0.717, 1.165) is 0 Å². The summed E-state index contributed by atoms with van der Waals surface area (Å²) in [6.45, 7) is 2.16. The minimum absolute atomic E-state index is 1.24. The Kier molecular flexibility index (Phi) is 2.08. The molecule has 0 aliphatic heterocycles. The van der Waals surface area contributed by atoms with Gasteiger partial charge in [-0.25, -0.2) is 0 Å². The zero-order chi connectivity index (χ0) is 10.4. The SMILES string of the molecule is Cc1sc2c(ccc3ccccc32)c1Br. The quantitative estimate of drug-likeness (QED) is 0.534. The van der Waals surface area contributed by atoms with E-state index >= 15 is 0 Å². The van der Waals surface area contributed by atoms with Gasteiger partial charge < -0.3 is 0 Å². The van der Waals surface area contributed by atoms with Crippen LogP contribution in [0.5, 0.6) is 0 Å². The molecule has 15 heavy (non-hydrogen) atoms. The van der Waals surface area contributed by atoms with Gasteiger partial charge in [0.2, 0.25) is 0 Å². The van der Waals surface area contributed by atoms with Crippen molar-refractivity contribution in [3.05, 3.63) is 45.7 Å². The highest BCUT2D eigenvalue weighted by Crippen LogP contribution is 2.38. The van der Waals surface area contributed by atoms with Gasteiger partial charge in [0.25, 0.3) is 0 Å². The zero-order valence-corrected chi connectivity index (χ0v) is 10.7. The van der Waals surface area contributed by atoms with Crippen LogP contribution >= 0.6 is 27.3 Å². The summed E-state index contributed by atoms with van der Waals surface area (Å²) < 4.78 is 2.63. The van der Waals surface area contributed by atoms with Crippen LogP contribution in [-0.4, -0.2) is 0 Å². The number of benzene rings is 2. The van der Waals surface area contributed by atoms with Gasteiger partial charge in [-0.3, -0.25) is 0 Å². The van der Waals surface area contributed by atoms with Crippen molar-refractivity contribution in [3.8, 4) is 0 Å². The highest BCUT2D eigenvalue weighted by molar-refractivity contribution is 9.10. The van der Waals surface area contributed by atoms with Crippen molar-refractivity contribution >= 4 is 48.1 Å². The van der Waals surface area contributed by atoms with Gasteiger partial charge in [-0.1, -0.05) is 36.4 Å². The molecule has 0 radical (unpaired) electrons. The molecule has 0 atom stereocenters. The fraction of sp³-hybridized carbons (Fsp3) is 0.0769. The number of hydrogen-bond acceptors (Lipinski definition) is 1. The maximum absolute atomic E-state index is 3.65. The first-order valence-electron chi connectivity index (χ1n) is 4.84. The Labute approximate surface area is 101 Å². The molecule has 0 fully saturated rings. The summed E-state index contributed by atoms with van der Waals surface area (Å²) in [5.74, 6) is 0. The van der Waals surface area contributed by atoms with E-state index in [1.54, 1.807) is 0 Å². The molecule has 0 aliphatic carbocycles. The smallest absolute Gasteiger partial charge is 0.0435 e. The second kappa shape index (κ2) is 3.32. The average molecular weight is 277 g/mol. The molecule has 0 spiro atoms. The van der Waals surface area contributed by atoms with Crippen LogP contribution in [0.25, 0.3) is 20.9 Å². The van der Waals surface area contributed by atoms with Crippen LogP contribution in [0.4, 0.5) is 0 Å². The molecular weight excluding hydrogens is 268 g/mol. The van der Waals surface area contributed by atoms with Crippen molar-refractivity contribution in [1.29, 1.82) is 0 Å². The molecule has 0 aliphatic rings. The van der Waals surface area contributed by atoms with Crippen molar-refractivity contribution in [2.45, 2.75) is 6.92 Å². The van der Waals surface area contributed by atoms with Gasteiger partial charge in [-0.2, -0.15) is 0 Å². The van der Waals surface area contributed by atoms with E-state index < -0.39 is 0 Å². The Morgan fingerprint density at radius 1 is 1.00 bits per heavy atom. The fourth-order valence-corrected chi connectivity index (χ4v) is 3.70. The van der Waals surface area contributed by atoms with Gasteiger partial charge >= 0.3 is 0 Å². The molecule has 0 saturated carbocycles. The van der Waals surface area contributed by atoms with Crippen LogP contribution < -0.4 is 0 Å². The molecule has 2 aromatic carbocycles. The van der Waals surface area contributed by atoms with Crippen LogP contribution in [0.2, 0.25) is 0 Å². The first-order chi connectivity index (χ1) is 7.27. The molecule has 74 valence electrons. The number of rotatable bonds is 0. The van der Waals surface area contributed by atoms with Crippen LogP contribution in [0, 0.1) is 6.92 Å². The highest BCUT2D eigenvalue weighted by atomic mass is 79.9. The van der Waals surface area contributed by atoms with Crippen LogP contribution in [0.1, 0.15) is 4.88 Å². The van der Waals surface area contributed by atoms with Crippen LogP contribution in [0.3, 0.4) is 0 Å². The molecule has 1 aromatic heterocycles. The van der Waals surface area contributed by atoms with E-state index in [9.17, 15) is 0 Å². The molecule has 0 nitrogen and oxygen atoms in total. The molecule has 3 rings (SSSR count). The second-order valence-corrected chi connectivity index (χ2v) is 5.65. The summed E-state index contributed by atoms with van der Waals surface area (Å²) in [6, 6.07) is 12.9. The summed E-state index contributed by atoms with van der Waals surface area (Å²) in [7, 11) is 0. The van der Waals surface area contributed by atoms with Crippen molar-refractivity contribution in [2.24, 2.45) is 0 Å². The zero-order valence-electron chi connectivity index (χ0n) is 8.25. The number of halogens is 1. The topological polar surface area (TPSA) is 0 Å². The fourth-order valence-electron chi connectivity index (χ4n) is 1.91. The number of thiophene rings is 1. The molecule has 0 bridgehead atoms. The van der Waals surface area contributed by atoms with E-state index in [2.05, 4.69) is 59.3 Å². The molecule has 0 amide bonds. The monoisotopic (exact) mass is 276 g/mol. The first kappa shape index (κ1) is 9.37. The summed E-state index contributed by atoms with van der Waals surface area (Å²) in [4.78, 5) is 1.35. The average Bonchev–Trinajstić information content (AvgIpc) is 2.56. The number of aryl methyl sites for hydroxylation is 1. The summed E-state index contributed by atoms with van der Waals surface area (Å²) >= 11 is 5.51. The first-order valence-corrected chi connectivity index (χ1v) is 6.44. The van der Waals surface area contributed by atoms with Crippen LogP contribution in [-0.2, 0) is 0 Å². The largest absolute Gasteiger partial charge is 0.139 e. The third-order valence-corrected chi connectivity index (χ3v) is 5.12. The molecule has 0 saturated heterocycles. The summed E-state index contributed by atoms with van der Waals surface area (Å²) in [5, 5.41) is 4.00. The number of hydrogen-bond donors (Lipinski definition) is 0. The van der Waals surface area contributed by atoms with Crippen molar-refractivity contribution in [2.75, 3.05) is 0 Å². The van der Waals surface area contributed by atoms with Crippen molar-refractivity contribution in [1.82, 2.24) is 0 Å². The van der Waals surface area contributed by atoms with Gasteiger partial charge in [0.15, 0.2) is 0 Å². The van der Waals surface area contributed by atoms with E-state index in [1.165, 1.54) is 30.2 Å².